The quantitative estimate of drug-likeness (QED) is 0.770. The van der Waals surface area contributed by atoms with Gasteiger partial charge < -0.3 is 14.6 Å². The lowest BCUT2D eigenvalue weighted by Gasteiger charge is -2.26. The van der Waals surface area contributed by atoms with Gasteiger partial charge in [-0.25, -0.2) is 0 Å². The molecule has 1 saturated carbocycles. The number of aryl methyl sites for hydroxylation is 1. The fourth-order valence-electron chi connectivity index (χ4n) is 2.47. The van der Waals surface area contributed by atoms with Crippen molar-refractivity contribution in [2.75, 3.05) is 6.54 Å². The minimum Gasteiger partial charge on any atom is -0.490 e. The number of H-pyrrole nitrogens is 1. The number of carbonyl (C=O) groups is 1. The predicted octanol–water partition coefficient (Wildman–Crippen LogP) is 3.26. The number of halogens is 1. The van der Waals surface area contributed by atoms with Crippen LogP contribution in [0, 0.1) is 11.7 Å². The monoisotopic (exact) mass is 366 g/mol. The zero-order valence-electron chi connectivity index (χ0n) is 13.3. The zero-order valence-corrected chi connectivity index (χ0v) is 14.9. The van der Waals surface area contributed by atoms with Crippen molar-refractivity contribution in [2.45, 2.75) is 38.8 Å². The fourth-order valence-corrected chi connectivity index (χ4v) is 3.00. The van der Waals surface area contributed by atoms with Crippen molar-refractivity contribution in [3.05, 3.63) is 39.4 Å². The van der Waals surface area contributed by atoms with E-state index in [1.54, 1.807) is 18.2 Å². The largest absolute Gasteiger partial charge is 0.490 e. The van der Waals surface area contributed by atoms with Gasteiger partial charge in [0.1, 0.15) is 11.6 Å². The van der Waals surface area contributed by atoms with E-state index in [1.807, 2.05) is 11.5 Å². The number of nitrogens with zero attached hydrogens (tertiary/aromatic N) is 2. The molecule has 1 aromatic carbocycles. The van der Waals surface area contributed by atoms with Crippen molar-refractivity contribution in [2.24, 2.45) is 0 Å². The molecule has 0 saturated heterocycles. The van der Waals surface area contributed by atoms with Crippen molar-refractivity contribution < 1.29 is 9.53 Å². The number of benzene rings is 1. The Balaban J connectivity index is 1.57. The minimum absolute atomic E-state index is 0.220. The standard InChI is InChI=1S/C16H19ClN4O2S/c1-10-19-20-16(24)21(10)8-7-18-15(22)13-6-5-12(9-14(13)17)23-11-3-2-4-11/h5-6,9,11H,2-4,7-8H2,1H3,(H,18,22)(H,20,24). The van der Waals surface area contributed by atoms with Gasteiger partial charge in [0.2, 0.25) is 0 Å². The third-order valence-corrected chi connectivity index (χ3v) is 4.73. The maximum absolute atomic E-state index is 12.3. The Hall–Kier alpha value is -1.86. The molecule has 0 bridgehead atoms. The van der Waals surface area contributed by atoms with E-state index < -0.39 is 0 Å². The molecule has 1 fully saturated rings. The number of amides is 1. The summed E-state index contributed by atoms with van der Waals surface area (Å²) in [6.07, 6.45) is 3.65. The number of hydrogen-bond acceptors (Lipinski definition) is 4. The van der Waals surface area contributed by atoms with Crippen LogP contribution < -0.4 is 10.1 Å². The molecule has 0 aliphatic heterocycles. The Morgan fingerprint density at radius 2 is 2.33 bits per heavy atom. The van der Waals surface area contributed by atoms with Crippen LogP contribution in [0.15, 0.2) is 18.2 Å². The molecule has 0 unspecified atom stereocenters. The van der Waals surface area contributed by atoms with Crippen LogP contribution in [-0.2, 0) is 6.54 Å². The molecule has 1 amide bonds. The van der Waals surface area contributed by atoms with Crippen molar-refractivity contribution in [1.29, 1.82) is 0 Å². The molecular formula is C16H19ClN4O2S. The lowest BCUT2D eigenvalue weighted by molar-refractivity contribution is 0.0952. The van der Waals surface area contributed by atoms with Crippen LogP contribution in [0.4, 0.5) is 0 Å². The highest BCUT2D eigenvalue weighted by Gasteiger charge is 2.20. The minimum atomic E-state index is -0.220. The third-order valence-electron chi connectivity index (χ3n) is 4.11. The number of ether oxygens (including phenoxy) is 1. The van der Waals surface area contributed by atoms with Gasteiger partial charge >= 0.3 is 0 Å². The highest BCUT2D eigenvalue weighted by molar-refractivity contribution is 7.71. The third kappa shape index (κ3) is 3.79. The van der Waals surface area contributed by atoms with Gasteiger partial charge in [-0.05, 0) is 56.6 Å². The van der Waals surface area contributed by atoms with Crippen LogP contribution in [0.25, 0.3) is 0 Å². The van der Waals surface area contributed by atoms with Crippen molar-refractivity contribution in [3.63, 3.8) is 0 Å². The van der Waals surface area contributed by atoms with Crippen LogP contribution in [0.5, 0.6) is 5.75 Å². The second kappa shape index (κ2) is 7.36. The first-order valence-corrected chi connectivity index (χ1v) is 8.69. The molecule has 24 heavy (non-hydrogen) atoms. The summed E-state index contributed by atoms with van der Waals surface area (Å²) >= 11 is 11.3. The summed E-state index contributed by atoms with van der Waals surface area (Å²) in [6, 6.07) is 5.18. The van der Waals surface area contributed by atoms with E-state index in [1.165, 1.54) is 6.42 Å². The summed E-state index contributed by atoms with van der Waals surface area (Å²) in [4.78, 5) is 12.3. The van der Waals surface area contributed by atoms with Crippen molar-refractivity contribution in [1.82, 2.24) is 20.1 Å². The maximum atomic E-state index is 12.3. The summed E-state index contributed by atoms with van der Waals surface area (Å²) in [5.74, 6) is 1.27. The maximum Gasteiger partial charge on any atom is 0.252 e. The summed E-state index contributed by atoms with van der Waals surface area (Å²) in [5, 5.41) is 9.98. The first-order chi connectivity index (χ1) is 11.5. The second-order valence-corrected chi connectivity index (χ2v) is 6.59. The average Bonchev–Trinajstić information content (AvgIpc) is 2.82. The molecule has 8 heteroatoms. The summed E-state index contributed by atoms with van der Waals surface area (Å²) in [7, 11) is 0. The molecule has 0 spiro atoms. The number of aromatic amines is 1. The molecule has 128 valence electrons. The van der Waals surface area contributed by atoms with E-state index in [4.69, 9.17) is 28.6 Å². The Labute approximate surface area is 150 Å². The zero-order chi connectivity index (χ0) is 17.1. The summed E-state index contributed by atoms with van der Waals surface area (Å²) in [6.45, 7) is 2.84. The van der Waals surface area contributed by atoms with Crippen LogP contribution in [0.2, 0.25) is 5.02 Å². The summed E-state index contributed by atoms with van der Waals surface area (Å²) < 4.78 is 8.15. The molecule has 0 radical (unpaired) electrons. The lowest BCUT2D eigenvalue weighted by atomic mass is 9.96. The molecule has 6 nitrogen and oxygen atoms in total. The number of carbonyl (C=O) groups excluding carboxylic acids is 1. The lowest BCUT2D eigenvalue weighted by Crippen LogP contribution is -2.28. The molecule has 1 aliphatic rings. The van der Waals surface area contributed by atoms with Gasteiger partial charge in [0.05, 0.1) is 16.7 Å². The number of rotatable bonds is 6. The van der Waals surface area contributed by atoms with E-state index in [0.29, 0.717) is 34.2 Å². The molecule has 0 atom stereocenters. The number of hydrogen-bond donors (Lipinski definition) is 2. The SMILES string of the molecule is Cc1n[nH]c(=S)n1CCNC(=O)c1ccc(OC2CCC2)cc1Cl. The van der Waals surface area contributed by atoms with Crippen molar-refractivity contribution >= 4 is 29.7 Å². The van der Waals surface area contributed by atoms with E-state index in [-0.39, 0.29) is 12.0 Å². The molecule has 1 aliphatic carbocycles. The predicted molar refractivity (Wildman–Crippen MR) is 94.2 cm³/mol. The van der Waals surface area contributed by atoms with E-state index in [9.17, 15) is 4.79 Å². The first-order valence-electron chi connectivity index (χ1n) is 7.91. The molecule has 1 heterocycles. The normalized spacial score (nSPS) is 14.2. The molecular weight excluding hydrogens is 348 g/mol. The Bertz CT molecular complexity index is 798. The fraction of sp³-hybridized carbons (Fsp3) is 0.438. The topological polar surface area (TPSA) is 71.9 Å². The van der Waals surface area contributed by atoms with Gasteiger partial charge in [-0.1, -0.05) is 11.6 Å². The highest BCUT2D eigenvalue weighted by atomic mass is 35.5. The van der Waals surface area contributed by atoms with Crippen LogP contribution >= 0.6 is 23.8 Å². The van der Waals surface area contributed by atoms with E-state index in [0.717, 1.165) is 18.7 Å². The number of nitrogens with one attached hydrogen (secondary N) is 2. The van der Waals surface area contributed by atoms with Gasteiger partial charge in [-0.3, -0.25) is 9.89 Å². The van der Waals surface area contributed by atoms with Gasteiger partial charge in [-0.15, -0.1) is 0 Å². The molecule has 2 N–H and O–H groups in total. The molecule has 3 rings (SSSR count). The Morgan fingerprint density at radius 3 is 2.92 bits per heavy atom. The summed E-state index contributed by atoms with van der Waals surface area (Å²) in [5.41, 5.74) is 0.435. The van der Waals surface area contributed by atoms with Gasteiger partial charge in [0.15, 0.2) is 4.77 Å². The van der Waals surface area contributed by atoms with Crippen LogP contribution in [0.3, 0.4) is 0 Å². The van der Waals surface area contributed by atoms with E-state index in [2.05, 4.69) is 15.5 Å². The van der Waals surface area contributed by atoms with Gasteiger partial charge in [-0.2, -0.15) is 5.10 Å². The number of aromatic nitrogens is 3. The van der Waals surface area contributed by atoms with Gasteiger partial charge in [0, 0.05) is 13.1 Å². The average molecular weight is 367 g/mol. The highest BCUT2D eigenvalue weighted by Crippen LogP contribution is 2.28. The van der Waals surface area contributed by atoms with Gasteiger partial charge in [0.25, 0.3) is 5.91 Å². The second-order valence-electron chi connectivity index (χ2n) is 5.80. The van der Waals surface area contributed by atoms with Crippen LogP contribution in [-0.4, -0.2) is 33.3 Å². The van der Waals surface area contributed by atoms with E-state index >= 15 is 0 Å². The smallest absolute Gasteiger partial charge is 0.252 e. The Morgan fingerprint density at radius 1 is 1.54 bits per heavy atom. The Kier molecular flexibility index (Phi) is 5.20. The van der Waals surface area contributed by atoms with Crippen LogP contribution in [0.1, 0.15) is 35.4 Å². The first kappa shape index (κ1) is 17.0. The molecule has 1 aromatic heterocycles. The molecule has 2 aromatic rings. The van der Waals surface area contributed by atoms with Crippen molar-refractivity contribution in [3.8, 4) is 5.75 Å².